The van der Waals surface area contributed by atoms with Crippen molar-refractivity contribution < 1.29 is 0 Å². The van der Waals surface area contributed by atoms with Crippen molar-refractivity contribution in [3.63, 3.8) is 0 Å². The lowest BCUT2D eigenvalue weighted by Crippen LogP contribution is -2.33. The molecule has 0 aliphatic carbocycles. The summed E-state index contributed by atoms with van der Waals surface area (Å²) in [5.41, 5.74) is 4.76. The molecule has 0 amide bonds. The van der Waals surface area contributed by atoms with E-state index in [1.165, 1.54) is 10.6 Å². The van der Waals surface area contributed by atoms with Crippen LogP contribution in [0.4, 0.5) is 5.82 Å². The molecule has 1 aromatic rings. The molecule has 0 aromatic carbocycles. The van der Waals surface area contributed by atoms with E-state index in [2.05, 4.69) is 11.9 Å². The molecule has 5 nitrogen and oxygen atoms in total. The average Bonchev–Trinajstić information content (AvgIpc) is 2.12. The smallest absolute Gasteiger partial charge is 0.330 e. The third-order valence-electron chi connectivity index (χ3n) is 2.42. The van der Waals surface area contributed by atoms with Gasteiger partial charge in [0, 0.05) is 12.1 Å². The predicted octanol–water partition coefficient (Wildman–Crippen LogP) is 0.870. The number of nitrogens with two attached hydrogens (primary N) is 1. The quantitative estimate of drug-likeness (QED) is 0.775. The maximum atomic E-state index is 11.5. The van der Waals surface area contributed by atoms with Crippen molar-refractivity contribution in [3.05, 3.63) is 26.9 Å². The maximum absolute atomic E-state index is 11.5. The van der Waals surface area contributed by atoms with E-state index >= 15 is 0 Å². The van der Waals surface area contributed by atoms with Crippen molar-refractivity contribution in [2.24, 2.45) is 0 Å². The van der Waals surface area contributed by atoms with Crippen LogP contribution in [-0.4, -0.2) is 9.55 Å². The molecule has 0 radical (unpaired) electrons. The fraction of sp³-hybridized carbons (Fsp3) is 0.600. The van der Waals surface area contributed by atoms with Gasteiger partial charge in [0.15, 0.2) is 0 Å². The van der Waals surface area contributed by atoms with Gasteiger partial charge in [-0.15, -0.1) is 0 Å². The second-order valence-corrected chi connectivity index (χ2v) is 3.72. The molecular formula is C10H17N3O2. The number of anilines is 1. The van der Waals surface area contributed by atoms with Crippen molar-refractivity contribution in [3.8, 4) is 0 Å². The summed E-state index contributed by atoms with van der Waals surface area (Å²) in [7, 11) is 0. The van der Waals surface area contributed by atoms with Crippen LogP contribution in [0.5, 0.6) is 0 Å². The van der Waals surface area contributed by atoms with Crippen LogP contribution in [0.1, 0.15) is 39.2 Å². The summed E-state index contributed by atoms with van der Waals surface area (Å²) >= 11 is 0. The largest absolute Gasteiger partial charge is 0.385 e. The SMILES string of the molecule is CCCCC(C)n1c(N)cc(=O)[nH]c1=O. The van der Waals surface area contributed by atoms with Crippen LogP contribution >= 0.6 is 0 Å². The van der Waals surface area contributed by atoms with Crippen molar-refractivity contribution in [2.45, 2.75) is 39.2 Å². The zero-order chi connectivity index (χ0) is 11.4. The molecule has 0 spiro atoms. The Bertz CT molecular complexity index is 433. The van der Waals surface area contributed by atoms with E-state index in [1.807, 2.05) is 6.92 Å². The first-order valence-corrected chi connectivity index (χ1v) is 5.17. The van der Waals surface area contributed by atoms with E-state index in [9.17, 15) is 9.59 Å². The molecule has 0 fully saturated rings. The second kappa shape index (κ2) is 4.82. The van der Waals surface area contributed by atoms with Crippen LogP contribution in [0.2, 0.25) is 0 Å². The van der Waals surface area contributed by atoms with E-state index < -0.39 is 11.2 Å². The first-order valence-electron chi connectivity index (χ1n) is 5.17. The highest BCUT2D eigenvalue weighted by atomic mass is 16.2. The van der Waals surface area contributed by atoms with Crippen molar-refractivity contribution in [2.75, 3.05) is 5.73 Å². The summed E-state index contributed by atoms with van der Waals surface area (Å²) in [5, 5.41) is 0. The lowest BCUT2D eigenvalue weighted by Gasteiger charge is -2.16. The highest BCUT2D eigenvalue weighted by molar-refractivity contribution is 5.26. The Morgan fingerprint density at radius 1 is 1.53 bits per heavy atom. The Kier molecular flexibility index (Phi) is 3.71. The molecule has 0 aliphatic rings. The third kappa shape index (κ3) is 2.71. The summed E-state index contributed by atoms with van der Waals surface area (Å²) in [6.07, 6.45) is 2.99. The highest BCUT2D eigenvalue weighted by Crippen LogP contribution is 2.14. The van der Waals surface area contributed by atoms with Gasteiger partial charge >= 0.3 is 5.69 Å². The first-order chi connectivity index (χ1) is 7.06. The number of aromatic amines is 1. The normalized spacial score (nSPS) is 12.7. The summed E-state index contributed by atoms with van der Waals surface area (Å²) in [6, 6.07) is 1.26. The molecule has 0 saturated carbocycles. The molecular weight excluding hydrogens is 194 g/mol. The molecule has 1 heterocycles. The zero-order valence-electron chi connectivity index (χ0n) is 9.12. The number of nitrogen functional groups attached to an aromatic ring is 1. The fourth-order valence-electron chi connectivity index (χ4n) is 1.61. The van der Waals surface area contributed by atoms with Crippen molar-refractivity contribution in [1.29, 1.82) is 0 Å². The van der Waals surface area contributed by atoms with Crippen molar-refractivity contribution >= 4 is 5.82 Å². The Hall–Kier alpha value is -1.52. The molecule has 1 aromatic heterocycles. The molecule has 0 aliphatic heterocycles. The van der Waals surface area contributed by atoms with Gasteiger partial charge in [0.2, 0.25) is 0 Å². The minimum absolute atomic E-state index is 0.0225. The van der Waals surface area contributed by atoms with Gasteiger partial charge in [0.25, 0.3) is 5.56 Å². The van der Waals surface area contributed by atoms with Gasteiger partial charge < -0.3 is 5.73 Å². The molecule has 1 rings (SSSR count). The maximum Gasteiger partial charge on any atom is 0.330 e. The zero-order valence-corrected chi connectivity index (χ0v) is 9.12. The van der Waals surface area contributed by atoms with Crippen molar-refractivity contribution in [1.82, 2.24) is 9.55 Å². The minimum Gasteiger partial charge on any atom is -0.385 e. The van der Waals surface area contributed by atoms with Gasteiger partial charge in [-0.3, -0.25) is 14.3 Å². The molecule has 84 valence electrons. The second-order valence-electron chi connectivity index (χ2n) is 3.72. The molecule has 15 heavy (non-hydrogen) atoms. The summed E-state index contributed by atoms with van der Waals surface area (Å²) < 4.78 is 1.43. The Morgan fingerprint density at radius 2 is 2.20 bits per heavy atom. The van der Waals surface area contributed by atoms with Crippen LogP contribution in [0.25, 0.3) is 0 Å². The molecule has 0 saturated heterocycles. The van der Waals surface area contributed by atoms with E-state index in [4.69, 9.17) is 5.73 Å². The number of H-pyrrole nitrogens is 1. The monoisotopic (exact) mass is 211 g/mol. The van der Waals surface area contributed by atoms with Crippen LogP contribution in [0.3, 0.4) is 0 Å². The van der Waals surface area contributed by atoms with E-state index in [1.54, 1.807) is 0 Å². The van der Waals surface area contributed by atoms with Crippen LogP contribution in [0.15, 0.2) is 15.7 Å². The minimum atomic E-state index is -0.448. The standard InChI is InChI=1S/C10H17N3O2/c1-3-4-5-7(2)13-8(11)6-9(14)12-10(13)15/h6-7H,3-5,11H2,1-2H3,(H,12,14,15). The Balaban J connectivity index is 3.03. The van der Waals surface area contributed by atoms with Gasteiger partial charge in [0.05, 0.1) is 0 Å². The molecule has 1 atom stereocenters. The van der Waals surface area contributed by atoms with Crippen LogP contribution in [0, 0.1) is 0 Å². The number of hydrogen-bond acceptors (Lipinski definition) is 3. The molecule has 1 unspecified atom stereocenters. The highest BCUT2D eigenvalue weighted by Gasteiger charge is 2.09. The topological polar surface area (TPSA) is 80.9 Å². The summed E-state index contributed by atoms with van der Waals surface area (Å²) in [5.74, 6) is 0.229. The fourth-order valence-corrected chi connectivity index (χ4v) is 1.61. The van der Waals surface area contributed by atoms with E-state index in [0.29, 0.717) is 0 Å². The van der Waals surface area contributed by atoms with Gasteiger partial charge in [-0.05, 0) is 13.3 Å². The molecule has 3 N–H and O–H groups in total. The van der Waals surface area contributed by atoms with Gasteiger partial charge in [0.1, 0.15) is 5.82 Å². The number of nitrogens with one attached hydrogen (secondary N) is 1. The molecule has 5 heteroatoms. The number of hydrogen-bond donors (Lipinski definition) is 2. The predicted molar refractivity (Wildman–Crippen MR) is 60.0 cm³/mol. The average molecular weight is 211 g/mol. The van der Waals surface area contributed by atoms with Crippen LogP contribution < -0.4 is 17.0 Å². The summed E-state index contributed by atoms with van der Waals surface area (Å²) in [4.78, 5) is 24.7. The number of unbranched alkanes of at least 4 members (excludes halogenated alkanes) is 1. The van der Waals surface area contributed by atoms with Gasteiger partial charge in [-0.25, -0.2) is 4.79 Å². The first kappa shape index (κ1) is 11.6. The Labute approximate surface area is 87.9 Å². The number of nitrogens with zero attached hydrogens (tertiary/aromatic N) is 1. The lowest BCUT2D eigenvalue weighted by atomic mass is 10.1. The van der Waals surface area contributed by atoms with Gasteiger partial charge in [-0.1, -0.05) is 19.8 Å². The third-order valence-corrected chi connectivity index (χ3v) is 2.42. The Morgan fingerprint density at radius 3 is 2.73 bits per heavy atom. The lowest BCUT2D eigenvalue weighted by molar-refractivity contribution is 0.470. The van der Waals surface area contributed by atoms with Crippen LogP contribution in [-0.2, 0) is 0 Å². The number of rotatable bonds is 4. The van der Waals surface area contributed by atoms with E-state index in [0.717, 1.165) is 19.3 Å². The van der Waals surface area contributed by atoms with Gasteiger partial charge in [-0.2, -0.15) is 0 Å². The van der Waals surface area contributed by atoms with E-state index in [-0.39, 0.29) is 11.9 Å². The molecule has 0 bridgehead atoms. The summed E-state index contributed by atoms with van der Waals surface area (Å²) in [6.45, 7) is 4.01. The number of aromatic nitrogens is 2.